The summed E-state index contributed by atoms with van der Waals surface area (Å²) in [6.45, 7) is 7.59. The van der Waals surface area contributed by atoms with E-state index in [1.165, 1.54) is 17.0 Å². The van der Waals surface area contributed by atoms with Crippen molar-refractivity contribution in [3.63, 3.8) is 0 Å². The molecule has 1 aliphatic rings. The quantitative estimate of drug-likeness (QED) is 0.0804. The first-order chi connectivity index (χ1) is 25.3. The van der Waals surface area contributed by atoms with Gasteiger partial charge >= 0.3 is 0 Å². The van der Waals surface area contributed by atoms with Gasteiger partial charge in [-0.2, -0.15) is 4.99 Å². The lowest BCUT2D eigenvalue weighted by molar-refractivity contribution is -0.126. The maximum Gasteiger partial charge on any atom is 0.285 e. The number of allylic oxidation sites excluding steroid dienone is 4. The normalized spacial score (nSPS) is 14.2. The Bertz CT molecular complexity index is 2000. The van der Waals surface area contributed by atoms with Crippen molar-refractivity contribution >= 4 is 40.7 Å². The molecule has 1 heterocycles. The highest BCUT2D eigenvalue weighted by molar-refractivity contribution is 8.14. The summed E-state index contributed by atoms with van der Waals surface area (Å²) in [5.41, 5.74) is 2.94. The molecule has 0 aliphatic carbocycles. The van der Waals surface area contributed by atoms with E-state index in [2.05, 4.69) is 16.9 Å². The summed E-state index contributed by atoms with van der Waals surface area (Å²) >= 11 is 0.986. The number of nitrogens with zero attached hydrogens (tertiary/aromatic N) is 2. The maximum atomic E-state index is 14.2. The zero-order valence-corrected chi connectivity index (χ0v) is 29.6. The van der Waals surface area contributed by atoms with Crippen LogP contribution in [0.1, 0.15) is 42.1 Å². The molecule has 4 aromatic rings. The lowest BCUT2D eigenvalue weighted by atomic mass is 9.99. The number of carbonyl (C=O) groups excluding carboxylic acids is 3. The fraction of sp³-hybridized carbons (Fsp3) is 0.143. The second kappa shape index (κ2) is 18.3. The van der Waals surface area contributed by atoms with E-state index in [9.17, 15) is 18.8 Å². The van der Waals surface area contributed by atoms with Crippen LogP contribution in [0.4, 0.5) is 4.39 Å². The summed E-state index contributed by atoms with van der Waals surface area (Å²) in [4.78, 5) is 46.6. The molecule has 0 aromatic heterocycles. The van der Waals surface area contributed by atoms with Gasteiger partial charge in [-0.05, 0) is 60.9 Å². The van der Waals surface area contributed by atoms with Crippen LogP contribution in [0.2, 0.25) is 0 Å². The fourth-order valence-corrected chi connectivity index (χ4v) is 6.14. The van der Waals surface area contributed by atoms with Crippen LogP contribution < -0.4 is 14.8 Å². The van der Waals surface area contributed by atoms with E-state index in [1.54, 1.807) is 67.6 Å². The smallest absolute Gasteiger partial charge is 0.285 e. The number of carbonyl (C=O) groups is 3. The largest absolute Gasteiger partial charge is 0.490 e. The molecule has 0 spiro atoms. The van der Waals surface area contributed by atoms with Crippen molar-refractivity contribution in [1.29, 1.82) is 0 Å². The predicted molar refractivity (Wildman–Crippen MR) is 204 cm³/mol. The molecule has 0 saturated carbocycles. The van der Waals surface area contributed by atoms with Gasteiger partial charge in [0.2, 0.25) is 5.91 Å². The molecule has 1 aliphatic heterocycles. The number of halogens is 1. The first-order valence-electron chi connectivity index (χ1n) is 16.6. The van der Waals surface area contributed by atoms with Crippen molar-refractivity contribution < 1.29 is 28.2 Å². The van der Waals surface area contributed by atoms with Crippen molar-refractivity contribution in [2.24, 2.45) is 4.99 Å². The molecule has 0 unspecified atom stereocenters. The van der Waals surface area contributed by atoms with E-state index in [0.717, 1.165) is 22.9 Å². The van der Waals surface area contributed by atoms with Crippen LogP contribution >= 0.6 is 11.8 Å². The van der Waals surface area contributed by atoms with Crippen LogP contribution in [0.25, 0.3) is 6.08 Å². The summed E-state index contributed by atoms with van der Waals surface area (Å²) in [5.74, 6) is -1.44. The van der Waals surface area contributed by atoms with Crippen LogP contribution in [0.5, 0.6) is 11.5 Å². The number of benzene rings is 4. The van der Waals surface area contributed by atoms with Crippen LogP contribution in [-0.2, 0) is 21.0 Å². The third-order valence-electron chi connectivity index (χ3n) is 7.83. The van der Waals surface area contributed by atoms with Gasteiger partial charge in [0.1, 0.15) is 18.0 Å². The van der Waals surface area contributed by atoms with Gasteiger partial charge in [0.25, 0.3) is 11.8 Å². The van der Waals surface area contributed by atoms with Crippen molar-refractivity contribution in [2.75, 3.05) is 12.4 Å². The first kappa shape index (κ1) is 37.3. The van der Waals surface area contributed by atoms with Gasteiger partial charge in [-0.15, -0.1) is 0 Å². The number of amidine groups is 1. The van der Waals surface area contributed by atoms with Crippen molar-refractivity contribution in [2.45, 2.75) is 26.5 Å². The summed E-state index contributed by atoms with van der Waals surface area (Å²) in [7, 11) is 0. The molecule has 8 nitrogen and oxygen atoms in total. The molecule has 5 rings (SSSR count). The zero-order chi connectivity index (χ0) is 36.9. The lowest BCUT2D eigenvalue weighted by Gasteiger charge is -2.28. The van der Waals surface area contributed by atoms with E-state index in [4.69, 9.17) is 9.47 Å². The molecular weight excluding hydrogens is 678 g/mol. The molecule has 0 atom stereocenters. The van der Waals surface area contributed by atoms with E-state index in [1.807, 2.05) is 67.6 Å². The third kappa shape index (κ3) is 9.41. The summed E-state index contributed by atoms with van der Waals surface area (Å²) in [5, 5.41) is 3.15. The van der Waals surface area contributed by atoms with Gasteiger partial charge in [-0.1, -0.05) is 121 Å². The van der Waals surface area contributed by atoms with Crippen LogP contribution in [0.3, 0.4) is 0 Å². The van der Waals surface area contributed by atoms with Gasteiger partial charge in [-0.3, -0.25) is 19.3 Å². The zero-order valence-electron chi connectivity index (χ0n) is 28.8. The Balaban J connectivity index is 1.40. The summed E-state index contributed by atoms with van der Waals surface area (Å²) in [6.07, 6.45) is 8.04. The topological polar surface area (TPSA) is 97.3 Å². The molecule has 0 bridgehead atoms. The molecule has 1 N–H and O–H groups in total. The average molecular weight is 716 g/mol. The maximum absolute atomic E-state index is 14.2. The highest BCUT2D eigenvalue weighted by Gasteiger charge is 2.35. The predicted octanol–water partition coefficient (Wildman–Crippen LogP) is 8.20. The molecule has 3 amide bonds. The van der Waals surface area contributed by atoms with E-state index in [-0.39, 0.29) is 34.8 Å². The monoisotopic (exact) mass is 715 g/mol. The van der Waals surface area contributed by atoms with Gasteiger partial charge in [0.05, 0.1) is 18.4 Å². The number of rotatable bonds is 14. The van der Waals surface area contributed by atoms with Gasteiger partial charge < -0.3 is 14.8 Å². The van der Waals surface area contributed by atoms with Gasteiger partial charge in [-0.25, -0.2) is 4.39 Å². The van der Waals surface area contributed by atoms with Crippen molar-refractivity contribution in [1.82, 2.24) is 10.2 Å². The Morgan fingerprint density at radius 3 is 2.25 bits per heavy atom. The number of thioether (sulfide) groups is 1. The molecule has 10 heteroatoms. The van der Waals surface area contributed by atoms with E-state index >= 15 is 0 Å². The Morgan fingerprint density at radius 1 is 0.942 bits per heavy atom. The van der Waals surface area contributed by atoms with Gasteiger partial charge in [0, 0.05) is 11.3 Å². The molecule has 0 saturated heterocycles. The van der Waals surface area contributed by atoms with Crippen molar-refractivity contribution in [3.05, 3.63) is 173 Å². The molecule has 0 radical (unpaired) electrons. The number of nitrogens with one attached hydrogen (secondary N) is 1. The number of hydrogen-bond donors (Lipinski definition) is 1. The second-order valence-electron chi connectivity index (χ2n) is 11.3. The number of aliphatic imine (C=N–C) groups is 1. The van der Waals surface area contributed by atoms with E-state index < -0.39 is 17.9 Å². The Morgan fingerprint density at radius 2 is 1.62 bits per heavy atom. The average Bonchev–Trinajstić information content (AvgIpc) is 3.16. The van der Waals surface area contributed by atoms with Gasteiger partial charge in [0.15, 0.2) is 16.7 Å². The molecule has 264 valence electrons. The summed E-state index contributed by atoms with van der Waals surface area (Å²) in [6, 6.07) is 30.1. The van der Waals surface area contributed by atoms with Crippen molar-refractivity contribution in [3.8, 4) is 11.5 Å². The van der Waals surface area contributed by atoms with Crippen LogP contribution in [0, 0.1) is 5.82 Å². The Labute approximate surface area is 307 Å². The fourth-order valence-electron chi connectivity index (χ4n) is 5.33. The van der Waals surface area contributed by atoms with Crippen LogP contribution in [0.15, 0.2) is 150 Å². The molecular formula is C42H38FN3O5S. The highest BCUT2D eigenvalue weighted by atomic mass is 32.2. The minimum Gasteiger partial charge on any atom is -0.490 e. The number of hydrogen-bond acceptors (Lipinski definition) is 6. The first-order valence-corrected chi connectivity index (χ1v) is 17.6. The van der Waals surface area contributed by atoms with E-state index in [0.29, 0.717) is 34.9 Å². The Kier molecular flexibility index (Phi) is 13.1. The minimum absolute atomic E-state index is 0.0180. The third-order valence-corrected chi connectivity index (χ3v) is 8.77. The molecule has 4 aromatic carbocycles. The molecule has 52 heavy (non-hydrogen) atoms. The molecule has 0 fully saturated rings. The summed E-state index contributed by atoms with van der Waals surface area (Å²) < 4.78 is 25.8. The minimum atomic E-state index is -0.753. The Hall–Kier alpha value is -6.00. The SMILES string of the molecule is C=C/C=C\C(=C/C)N1C(=O)/C(=C/c2ccc(OCc3ccccc3F)c(OCC)c2)C(=O)N=C1SCC(=O)NC(c1ccccc1)c1ccccc1. The number of ether oxygens (including phenoxy) is 2. The number of amides is 3. The standard InChI is InChI=1S/C42H38FN3O5S/c1-4-7-21-33(5-2)46-41(49)34(25-29-23-24-36(37(26-29)50-6-3)51-27-32-20-14-15-22-35(32)43)40(48)45-42(46)52-28-38(47)44-39(30-16-10-8-11-17-30)31-18-12-9-13-19-31/h4-5,7-26,39H,1,6,27-28H2,2-3H3,(H,44,47)/b21-7-,33-5+,34-25+. The second-order valence-corrected chi connectivity index (χ2v) is 12.3. The lowest BCUT2D eigenvalue weighted by Crippen LogP contribution is -2.42. The van der Waals surface area contributed by atoms with Crippen LogP contribution in [-0.4, -0.2) is 40.1 Å². The highest BCUT2D eigenvalue weighted by Crippen LogP contribution is 2.32.